The van der Waals surface area contributed by atoms with Crippen LogP contribution >= 0.6 is 0 Å². The van der Waals surface area contributed by atoms with Crippen molar-refractivity contribution in [1.29, 1.82) is 0 Å². The second-order valence-corrected chi connectivity index (χ2v) is 5.37. The number of benzene rings is 1. The Balaban J connectivity index is 2.48. The van der Waals surface area contributed by atoms with Gasteiger partial charge in [0.15, 0.2) is 0 Å². The fraction of sp³-hybridized carbons (Fsp3) is 0.600. The molecule has 1 aliphatic carbocycles. The fourth-order valence-corrected chi connectivity index (χ4v) is 3.00. The van der Waals surface area contributed by atoms with E-state index in [9.17, 15) is 5.11 Å². The van der Waals surface area contributed by atoms with E-state index in [1.54, 1.807) is 7.11 Å². The summed E-state index contributed by atoms with van der Waals surface area (Å²) in [6.45, 7) is 6.45. The van der Waals surface area contributed by atoms with Gasteiger partial charge in [0.05, 0.1) is 13.2 Å². The minimum Gasteiger partial charge on any atom is -0.496 e. The highest BCUT2D eigenvalue weighted by atomic mass is 16.5. The summed E-state index contributed by atoms with van der Waals surface area (Å²) < 4.78 is 5.40. The maximum Gasteiger partial charge on any atom is 0.122 e. The highest BCUT2D eigenvalue weighted by Crippen LogP contribution is 2.43. The normalized spacial score (nSPS) is 23.6. The van der Waals surface area contributed by atoms with E-state index in [0.29, 0.717) is 11.8 Å². The molecule has 1 aromatic carbocycles. The summed E-state index contributed by atoms with van der Waals surface area (Å²) in [5.74, 6) is 1.81. The van der Waals surface area contributed by atoms with E-state index in [2.05, 4.69) is 20.8 Å². The van der Waals surface area contributed by atoms with Crippen molar-refractivity contribution in [2.45, 2.75) is 39.7 Å². The van der Waals surface area contributed by atoms with Crippen LogP contribution in [0.15, 0.2) is 12.1 Å². The van der Waals surface area contributed by atoms with E-state index in [0.717, 1.165) is 24.2 Å². The molecule has 2 rings (SSSR count). The van der Waals surface area contributed by atoms with Gasteiger partial charge in [-0.2, -0.15) is 0 Å². The molecule has 1 aliphatic rings. The van der Waals surface area contributed by atoms with Gasteiger partial charge in [0, 0.05) is 5.56 Å². The number of methoxy groups -OCH3 is 1. The van der Waals surface area contributed by atoms with Gasteiger partial charge in [-0.3, -0.25) is 0 Å². The van der Waals surface area contributed by atoms with Crippen molar-refractivity contribution in [1.82, 2.24) is 0 Å². The Morgan fingerprint density at radius 3 is 2.65 bits per heavy atom. The van der Waals surface area contributed by atoms with Gasteiger partial charge in [-0.05, 0) is 48.8 Å². The molecule has 0 saturated heterocycles. The Hall–Kier alpha value is -1.02. The van der Waals surface area contributed by atoms with Crippen molar-refractivity contribution in [2.75, 3.05) is 7.11 Å². The van der Waals surface area contributed by atoms with E-state index in [1.165, 1.54) is 11.1 Å². The Labute approximate surface area is 104 Å². The average Bonchev–Trinajstić information content (AvgIpc) is 2.29. The Bertz CT molecular complexity index is 410. The van der Waals surface area contributed by atoms with Crippen molar-refractivity contribution in [3.63, 3.8) is 0 Å². The number of hydrogen-bond donors (Lipinski definition) is 1. The minimum atomic E-state index is -0.339. The lowest BCUT2D eigenvalue weighted by Crippen LogP contribution is -2.25. The summed E-state index contributed by atoms with van der Waals surface area (Å²) in [6.07, 6.45) is 1.72. The highest BCUT2D eigenvalue weighted by Gasteiger charge is 2.32. The average molecular weight is 234 g/mol. The minimum absolute atomic E-state index is 0.339. The first-order valence-corrected chi connectivity index (χ1v) is 6.40. The highest BCUT2D eigenvalue weighted by molar-refractivity contribution is 5.47. The monoisotopic (exact) mass is 234 g/mol. The van der Waals surface area contributed by atoms with E-state index in [4.69, 9.17) is 4.74 Å². The standard InChI is InChI=1S/C15H22O2/c1-9(2)11-6-7-12-13(17-4)8-5-10(3)14(12)15(11)16/h5,8-9,11,15-16H,6-7H2,1-4H3. The number of aliphatic hydroxyl groups excluding tert-OH is 1. The van der Waals surface area contributed by atoms with Crippen LogP contribution in [0.25, 0.3) is 0 Å². The number of aliphatic hydroxyl groups is 1. The number of aryl methyl sites for hydroxylation is 1. The maximum absolute atomic E-state index is 10.5. The van der Waals surface area contributed by atoms with Gasteiger partial charge in [0.1, 0.15) is 5.75 Å². The van der Waals surface area contributed by atoms with Crippen LogP contribution in [-0.4, -0.2) is 12.2 Å². The third kappa shape index (κ3) is 2.06. The summed E-state index contributed by atoms with van der Waals surface area (Å²) in [6, 6.07) is 4.06. The molecule has 0 radical (unpaired) electrons. The zero-order valence-electron chi connectivity index (χ0n) is 11.2. The molecule has 0 bridgehead atoms. The number of hydrogen-bond acceptors (Lipinski definition) is 2. The van der Waals surface area contributed by atoms with Gasteiger partial charge in [-0.15, -0.1) is 0 Å². The molecule has 0 spiro atoms. The smallest absolute Gasteiger partial charge is 0.122 e. The van der Waals surface area contributed by atoms with Crippen molar-refractivity contribution >= 4 is 0 Å². The van der Waals surface area contributed by atoms with Crippen LogP contribution in [0.2, 0.25) is 0 Å². The first-order valence-electron chi connectivity index (χ1n) is 6.40. The Kier molecular flexibility index (Phi) is 3.43. The van der Waals surface area contributed by atoms with Gasteiger partial charge >= 0.3 is 0 Å². The van der Waals surface area contributed by atoms with Gasteiger partial charge in [0.25, 0.3) is 0 Å². The molecule has 2 unspecified atom stereocenters. The fourth-order valence-electron chi connectivity index (χ4n) is 3.00. The summed E-state index contributed by atoms with van der Waals surface area (Å²) in [5.41, 5.74) is 3.49. The molecule has 1 aromatic rings. The van der Waals surface area contributed by atoms with Crippen molar-refractivity contribution < 1.29 is 9.84 Å². The molecule has 0 heterocycles. The second kappa shape index (κ2) is 4.69. The van der Waals surface area contributed by atoms with E-state index >= 15 is 0 Å². The van der Waals surface area contributed by atoms with Gasteiger partial charge in [0.2, 0.25) is 0 Å². The van der Waals surface area contributed by atoms with Gasteiger partial charge in [-0.1, -0.05) is 19.9 Å². The predicted molar refractivity (Wildman–Crippen MR) is 69.3 cm³/mol. The third-order valence-corrected chi connectivity index (χ3v) is 4.04. The van der Waals surface area contributed by atoms with Crippen molar-refractivity contribution in [3.05, 3.63) is 28.8 Å². The molecule has 0 fully saturated rings. The van der Waals surface area contributed by atoms with Crippen LogP contribution in [0.1, 0.15) is 43.1 Å². The first-order chi connectivity index (χ1) is 8.06. The molecule has 0 amide bonds. The molecule has 94 valence electrons. The SMILES string of the molecule is COc1ccc(C)c2c1CCC(C(C)C)C2O. The van der Waals surface area contributed by atoms with Crippen LogP contribution in [0.3, 0.4) is 0 Å². The van der Waals surface area contributed by atoms with E-state index < -0.39 is 0 Å². The van der Waals surface area contributed by atoms with Crippen LogP contribution in [0.5, 0.6) is 5.75 Å². The summed E-state index contributed by atoms with van der Waals surface area (Å²) in [4.78, 5) is 0. The van der Waals surface area contributed by atoms with Crippen molar-refractivity contribution in [2.24, 2.45) is 11.8 Å². The summed E-state index contributed by atoms with van der Waals surface area (Å²) in [7, 11) is 1.70. The zero-order chi connectivity index (χ0) is 12.6. The first kappa shape index (κ1) is 12.4. The molecule has 1 N–H and O–H groups in total. The molecule has 2 heteroatoms. The molecule has 0 aromatic heterocycles. The van der Waals surface area contributed by atoms with Crippen molar-refractivity contribution in [3.8, 4) is 5.75 Å². The molecule has 0 saturated carbocycles. The van der Waals surface area contributed by atoms with Crippen LogP contribution in [0, 0.1) is 18.8 Å². The molecule has 2 atom stereocenters. The lowest BCUT2D eigenvalue weighted by Gasteiger charge is -2.34. The zero-order valence-corrected chi connectivity index (χ0v) is 11.2. The lowest BCUT2D eigenvalue weighted by atomic mass is 9.74. The number of fused-ring (bicyclic) bond motifs is 1. The van der Waals surface area contributed by atoms with Gasteiger partial charge in [-0.25, -0.2) is 0 Å². The topological polar surface area (TPSA) is 29.5 Å². The number of ether oxygens (including phenoxy) is 1. The van der Waals surface area contributed by atoms with E-state index in [-0.39, 0.29) is 6.10 Å². The molecule has 2 nitrogen and oxygen atoms in total. The summed E-state index contributed by atoms with van der Waals surface area (Å²) >= 11 is 0. The molecule has 17 heavy (non-hydrogen) atoms. The number of rotatable bonds is 2. The van der Waals surface area contributed by atoms with Gasteiger partial charge < -0.3 is 9.84 Å². The van der Waals surface area contributed by atoms with Crippen LogP contribution < -0.4 is 4.74 Å². The predicted octanol–water partition coefficient (Wildman–Crippen LogP) is 3.26. The third-order valence-electron chi connectivity index (χ3n) is 4.04. The maximum atomic E-state index is 10.5. The molecular formula is C15H22O2. The largest absolute Gasteiger partial charge is 0.496 e. The quantitative estimate of drug-likeness (QED) is 0.851. The summed E-state index contributed by atoms with van der Waals surface area (Å²) in [5, 5.41) is 10.5. The Morgan fingerprint density at radius 2 is 2.06 bits per heavy atom. The molecular weight excluding hydrogens is 212 g/mol. The lowest BCUT2D eigenvalue weighted by molar-refractivity contribution is 0.0658. The Morgan fingerprint density at radius 1 is 1.35 bits per heavy atom. The van der Waals surface area contributed by atoms with Crippen LogP contribution in [0.4, 0.5) is 0 Å². The van der Waals surface area contributed by atoms with Crippen LogP contribution in [-0.2, 0) is 6.42 Å². The van der Waals surface area contributed by atoms with E-state index in [1.807, 2.05) is 12.1 Å². The molecule has 0 aliphatic heterocycles. The second-order valence-electron chi connectivity index (χ2n) is 5.37.